The standard InChI is InChI=1S/C14H17BrN2O3/c1-20-8-10-11(15)3-2-4-12(10)17-14(19)9-5-6-13(18)16-7-9/h2-4,9H,5-8H2,1H3,(H,16,18)(H,17,19). The molecule has 1 saturated heterocycles. The Bertz CT molecular complexity index is 509. The van der Waals surface area contributed by atoms with Crippen molar-refractivity contribution in [2.24, 2.45) is 5.92 Å². The quantitative estimate of drug-likeness (QED) is 0.881. The summed E-state index contributed by atoms with van der Waals surface area (Å²) in [7, 11) is 1.61. The van der Waals surface area contributed by atoms with Crippen molar-refractivity contribution in [3.8, 4) is 0 Å². The number of piperidine rings is 1. The molecule has 5 nitrogen and oxygen atoms in total. The predicted octanol–water partition coefficient (Wildman–Crippen LogP) is 2.06. The molecular formula is C14H17BrN2O3. The molecule has 1 unspecified atom stereocenters. The van der Waals surface area contributed by atoms with Crippen LogP contribution in [0.1, 0.15) is 18.4 Å². The Morgan fingerprint density at radius 3 is 3.00 bits per heavy atom. The van der Waals surface area contributed by atoms with Crippen molar-refractivity contribution < 1.29 is 14.3 Å². The van der Waals surface area contributed by atoms with Crippen molar-refractivity contribution in [2.45, 2.75) is 19.4 Å². The Morgan fingerprint density at radius 1 is 1.55 bits per heavy atom. The summed E-state index contributed by atoms with van der Waals surface area (Å²) >= 11 is 3.45. The van der Waals surface area contributed by atoms with Crippen LogP contribution in [0.25, 0.3) is 0 Å². The maximum absolute atomic E-state index is 12.2. The molecule has 6 heteroatoms. The second-order valence-electron chi connectivity index (χ2n) is 4.73. The number of benzene rings is 1. The molecule has 1 aromatic carbocycles. The summed E-state index contributed by atoms with van der Waals surface area (Å²) in [6, 6.07) is 5.62. The van der Waals surface area contributed by atoms with Gasteiger partial charge in [-0.25, -0.2) is 0 Å². The molecule has 0 saturated carbocycles. The molecule has 0 aromatic heterocycles. The number of halogens is 1. The highest BCUT2D eigenvalue weighted by molar-refractivity contribution is 9.10. The van der Waals surface area contributed by atoms with Crippen LogP contribution in [0, 0.1) is 5.92 Å². The first kappa shape index (κ1) is 15.0. The fourth-order valence-electron chi connectivity index (χ4n) is 2.16. The SMILES string of the molecule is COCc1c(Br)cccc1NC(=O)C1CCC(=O)NC1. The lowest BCUT2D eigenvalue weighted by atomic mass is 9.98. The summed E-state index contributed by atoms with van der Waals surface area (Å²) < 4.78 is 6.05. The molecule has 0 radical (unpaired) electrons. The average molecular weight is 341 g/mol. The number of ether oxygens (including phenoxy) is 1. The van der Waals surface area contributed by atoms with Crippen LogP contribution in [0.3, 0.4) is 0 Å². The molecule has 2 rings (SSSR count). The lowest BCUT2D eigenvalue weighted by Gasteiger charge is -2.22. The minimum atomic E-state index is -0.179. The molecule has 0 spiro atoms. The van der Waals surface area contributed by atoms with Crippen molar-refractivity contribution in [1.29, 1.82) is 0 Å². The first-order valence-electron chi connectivity index (χ1n) is 6.45. The van der Waals surface area contributed by atoms with Gasteiger partial charge in [0, 0.05) is 35.8 Å². The maximum Gasteiger partial charge on any atom is 0.229 e. The third-order valence-corrected chi connectivity index (χ3v) is 4.04. The smallest absolute Gasteiger partial charge is 0.229 e. The van der Waals surface area contributed by atoms with Gasteiger partial charge in [0.15, 0.2) is 0 Å². The number of carbonyl (C=O) groups excluding carboxylic acids is 2. The first-order chi connectivity index (χ1) is 9.61. The summed E-state index contributed by atoms with van der Waals surface area (Å²) in [6.07, 6.45) is 0.993. The van der Waals surface area contributed by atoms with Gasteiger partial charge in [0.2, 0.25) is 11.8 Å². The molecule has 1 atom stereocenters. The van der Waals surface area contributed by atoms with E-state index < -0.39 is 0 Å². The molecule has 1 aliphatic rings. The van der Waals surface area contributed by atoms with Crippen molar-refractivity contribution in [2.75, 3.05) is 19.0 Å². The van der Waals surface area contributed by atoms with Crippen LogP contribution < -0.4 is 10.6 Å². The largest absolute Gasteiger partial charge is 0.380 e. The van der Waals surface area contributed by atoms with Gasteiger partial charge in [-0.1, -0.05) is 22.0 Å². The van der Waals surface area contributed by atoms with Gasteiger partial charge in [-0.05, 0) is 18.6 Å². The molecule has 1 aromatic rings. The number of anilines is 1. The van der Waals surface area contributed by atoms with Crippen LogP contribution in [0.5, 0.6) is 0 Å². The number of methoxy groups -OCH3 is 1. The van der Waals surface area contributed by atoms with E-state index in [1.165, 1.54) is 0 Å². The Morgan fingerprint density at radius 2 is 2.35 bits per heavy atom. The van der Waals surface area contributed by atoms with Crippen molar-refractivity contribution in [1.82, 2.24) is 5.32 Å². The Hall–Kier alpha value is -1.40. The van der Waals surface area contributed by atoms with Gasteiger partial charge in [0.05, 0.1) is 12.5 Å². The van der Waals surface area contributed by atoms with E-state index in [0.717, 1.165) is 15.7 Å². The van der Waals surface area contributed by atoms with Crippen LogP contribution in [0.4, 0.5) is 5.69 Å². The number of nitrogens with one attached hydrogen (secondary N) is 2. The third-order valence-electron chi connectivity index (χ3n) is 3.30. The maximum atomic E-state index is 12.2. The lowest BCUT2D eigenvalue weighted by molar-refractivity contribution is -0.126. The average Bonchev–Trinajstić information content (AvgIpc) is 2.43. The zero-order valence-electron chi connectivity index (χ0n) is 11.2. The van der Waals surface area contributed by atoms with Gasteiger partial charge < -0.3 is 15.4 Å². The highest BCUT2D eigenvalue weighted by Gasteiger charge is 2.25. The summed E-state index contributed by atoms with van der Waals surface area (Å²) in [5.74, 6) is -0.237. The normalized spacial score (nSPS) is 18.5. The van der Waals surface area contributed by atoms with Crippen LogP contribution in [-0.2, 0) is 20.9 Å². The van der Waals surface area contributed by atoms with E-state index in [0.29, 0.717) is 26.0 Å². The third kappa shape index (κ3) is 3.58. The minimum Gasteiger partial charge on any atom is -0.380 e. The van der Waals surface area contributed by atoms with Crippen LogP contribution in [0.2, 0.25) is 0 Å². The zero-order chi connectivity index (χ0) is 14.5. The van der Waals surface area contributed by atoms with Gasteiger partial charge in [-0.3, -0.25) is 9.59 Å². The second kappa shape index (κ2) is 6.85. The number of hydrogen-bond donors (Lipinski definition) is 2. The fraction of sp³-hybridized carbons (Fsp3) is 0.429. The Balaban J connectivity index is 2.07. The highest BCUT2D eigenvalue weighted by atomic mass is 79.9. The van der Waals surface area contributed by atoms with Crippen LogP contribution in [-0.4, -0.2) is 25.5 Å². The van der Waals surface area contributed by atoms with E-state index in [2.05, 4.69) is 26.6 Å². The fourth-order valence-corrected chi connectivity index (χ4v) is 2.64. The number of hydrogen-bond acceptors (Lipinski definition) is 3. The molecule has 1 aliphatic heterocycles. The zero-order valence-corrected chi connectivity index (χ0v) is 12.8. The van der Waals surface area contributed by atoms with Gasteiger partial charge in [0.25, 0.3) is 0 Å². The van der Waals surface area contributed by atoms with E-state index in [9.17, 15) is 9.59 Å². The minimum absolute atomic E-state index is 0.0107. The molecule has 20 heavy (non-hydrogen) atoms. The van der Waals surface area contributed by atoms with Gasteiger partial charge in [0.1, 0.15) is 0 Å². The molecule has 0 aliphatic carbocycles. The summed E-state index contributed by atoms with van der Waals surface area (Å²) in [5.41, 5.74) is 1.64. The van der Waals surface area contributed by atoms with Crippen molar-refractivity contribution in [3.63, 3.8) is 0 Å². The molecule has 108 valence electrons. The molecule has 0 bridgehead atoms. The molecule has 1 fully saturated rings. The number of amides is 2. The highest BCUT2D eigenvalue weighted by Crippen LogP contribution is 2.26. The van der Waals surface area contributed by atoms with Crippen LogP contribution >= 0.6 is 15.9 Å². The number of rotatable bonds is 4. The van der Waals surface area contributed by atoms with Gasteiger partial charge in [-0.2, -0.15) is 0 Å². The summed E-state index contributed by atoms with van der Waals surface area (Å²) in [5, 5.41) is 5.64. The Labute approximate surface area is 126 Å². The van der Waals surface area contributed by atoms with Gasteiger partial charge >= 0.3 is 0 Å². The van der Waals surface area contributed by atoms with E-state index >= 15 is 0 Å². The van der Waals surface area contributed by atoms with Crippen LogP contribution in [0.15, 0.2) is 22.7 Å². The molecular weight excluding hydrogens is 324 g/mol. The first-order valence-corrected chi connectivity index (χ1v) is 7.25. The lowest BCUT2D eigenvalue weighted by Crippen LogP contribution is -2.40. The molecule has 2 N–H and O–H groups in total. The molecule has 1 heterocycles. The van der Waals surface area contributed by atoms with Gasteiger partial charge in [-0.15, -0.1) is 0 Å². The van der Waals surface area contributed by atoms with E-state index in [1.54, 1.807) is 7.11 Å². The van der Waals surface area contributed by atoms with Crippen molar-refractivity contribution >= 4 is 33.4 Å². The Kier molecular flexibility index (Phi) is 5.14. The van der Waals surface area contributed by atoms with E-state index in [-0.39, 0.29) is 17.7 Å². The second-order valence-corrected chi connectivity index (χ2v) is 5.58. The topological polar surface area (TPSA) is 67.4 Å². The van der Waals surface area contributed by atoms with E-state index in [4.69, 9.17) is 4.74 Å². The molecule has 2 amide bonds. The predicted molar refractivity (Wildman–Crippen MR) is 79.2 cm³/mol. The summed E-state index contributed by atoms with van der Waals surface area (Å²) in [6.45, 7) is 0.816. The monoisotopic (exact) mass is 340 g/mol. The summed E-state index contributed by atoms with van der Waals surface area (Å²) in [4.78, 5) is 23.3. The van der Waals surface area contributed by atoms with E-state index in [1.807, 2.05) is 18.2 Å². The van der Waals surface area contributed by atoms with Crippen molar-refractivity contribution in [3.05, 3.63) is 28.2 Å². The number of carbonyl (C=O) groups is 2.